The van der Waals surface area contributed by atoms with Crippen LogP contribution in [0.5, 0.6) is 0 Å². The van der Waals surface area contributed by atoms with Crippen molar-refractivity contribution in [2.24, 2.45) is 0 Å². The Bertz CT molecular complexity index is 58.0. The number of ether oxygens (including phenoxy) is 1. The van der Waals surface area contributed by atoms with Crippen LogP contribution in [0.15, 0.2) is 0 Å². The highest BCUT2D eigenvalue weighted by atomic mass is 35.5. The SMILES string of the molecule is CCOC(O)C(Cl)Cl. The summed E-state index contributed by atoms with van der Waals surface area (Å²) >= 11 is 10.4. The molecule has 0 aliphatic rings. The Balaban J connectivity index is 3.17. The van der Waals surface area contributed by atoms with E-state index >= 15 is 0 Å². The Hall–Kier alpha value is 0.500. The highest BCUT2D eigenvalue weighted by molar-refractivity contribution is 6.44. The van der Waals surface area contributed by atoms with Crippen molar-refractivity contribution in [2.75, 3.05) is 6.61 Å². The molecule has 0 amide bonds. The zero-order valence-electron chi connectivity index (χ0n) is 4.47. The Morgan fingerprint density at radius 3 is 2.25 bits per heavy atom. The molecule has 0 spiro atoms. The van der Waals surface area contributed by atoms with Crippen molar-refractivity contribution in [1.29, 1.82) is 0 Å². The Morgan fingerprint density at radius 1 is 1.62 bits per heavy atom. The lowest BCUT2D eigenvalue weighted by atomic mass is 10.7. The fraction of sp³-hybridized carbons (Fsp3) is 1.00. The molecule has 0 aromatic carbocycles. The van der Waals surface area contributed by atoms with Gasteiger partial charge in [-0.1, -0.05) is 23.2 Å². The lowest BCUT2D eigenvalue weighted by molar-refractivity contribution is -0.0839. The van der Waals surface area contributed by atoms with E-state index in [1.165, 1.54) is 0 Å². The minimum absolute atomic E-state index is 0.414. The van der Waals surface area contributed by atoms with Crippen LogP contribution in [0, 0.1) is 0 Å². The molecule has 1 atom stereocenters. The fourth-order valence-corrected chi connectivity index (χ4v) is 0.389. The number of halogens is 2. The second kappa shape index (κ2) is 4.39. The molecule has 0 aliphatic heterocycles. The second-order valence-corrected chi connectivity index (χ2v) is 2.34. The van der Waals surface area contributed by atoms with Gasteiger partial charge in [-0.25, -0.2) is 0 Å². The summed E-state index contributed by atoms with van der Waals surface area (Å²) in [6.07, 6.45) is -1.05. The van der Waals surface area contributed by atoms with E-state index in [0.29, 0.717) is 6.61 Å². The first-order valence-corrected chi connectivity index (χ1v) is 3.13. The van der Waals surface area contributed by atoms with Crippen LogP contribution in [0.25, 0.3) is 0 Å². The van der Waals surface area contributed by atoms with Gasteiger partial charge < -0.3 is 9.84 Å². The van der Waals surface area contributed by atoms with E-state index < -0.39 is 11.1 Å². The average Bonchev–Trinajstić information content (AvgIpc) is 1.67. The van der Waals surface area contributed by atoms with Crippen LogP contribution in [-0.2, 0) is 4.74 Å². The first-order valence-electron chi connectivity index (χ1n) is 2.26. The standard InChI is InChI=1S/C4H8Cl2O2/c1-2-8-4(7)3(5)6/h3-4,7H,2H2,1H3. The summed E-state index contributed by atoms with van der Waals surface area (Å²) in [5.74, 6) is 0. The van der Waals surface area contributed by atoms with Crippen LogP contribution in [0.3, 0.4) is 0 Å². The third kappa shape index (κ3) is 3.50. The Labute approximate surface area is 58.3 Å². The minimum Gasteiger partial charge on any atom is -0.366 e. The fourth-order valence-electron chi connectivity index (χ4n) is 0.243. The summed E-state index contributed by atoms with van der Waals surface area (Å²) in [5, 5.41) is 8.64. The van der Waals surface area contributed by atoms with Gasteiger partial charge in [-0.3, -0.25) is 0 Å². The molecule has 0 heterocycles. The summed E-state index contributed by atoms with van der Waals surface area (Å²) in [4.78, 5) is -0.852. The van der Waals surface area contributed by atoms with Crippen molar-refractivity contribution in [2.45, 2.75) is 18.1 Å². The van der Waals surface area contributed by atoms with Gasteiger partial charge in [-0.05, 0) is 6.92 Å². The first kappa shape index (κ1) is 8.50. The molecule has 0 radical (unpaired) electrons. The monoisotopic (exact) mass is 158 g/mol. The number of alkyl halides is 2. The van der Waals surface area contributed by atoms with Gasteiger partial charge in [-0.15, -0.1) is 0 Å². The first-order chi connectivity index (χ1) is 3.68. The van der Waals surface area contributed by atoms with Gasteiger partial charge in [0.1, 0.15) is 0 Å². The molecule has 0 bridgehead atoms. The van der Waals surface area contributed by atoms with Gasteiger partial charge >= 0.3 is 0 Å². The molecule has 1 unspecified atom stereocenters. The maximum atomic E-state index is 8.64. The van der Waals surface area contributed by atoms with Gasteiger partial charge in [0.25, 0.3) is 0 Å². The van der Waals surface area contributed by atoms with Crippen LogP contribution in [0.1, 0.15) is 6.92 Å². The van der Waals surface area contributed by atoms with Crippen molar-refractivity contribution in [3.05, 3.63) is 0 Å². The molecule has 0 aromatic rings. The van der Waals surface area contributed by atoms with E-state index in [0.717, 1.165) is 0 Å². The predicted molar refractivity (Wildman–Crippen MR) is 33.1 cm³/mol. The largest absolute Gasteiger partial charge is 0.366 e. The van der Waals surface area contributed by atoms with Gasteiger partial charge in [0.05, 0.1) is 0 Å². The number of aliphatic hydroxyl groups is 1. The third-order valence-electron chi connectivity index (χ3n) is 0.553. The van der Waals surface area contributed by atoms with Crippen LogP contribution in [0.4, 0.5) is 0 Å². The molecule has 50 valence electrons. The maximum Gasteiger partial charge on any atom is 0.185 e. The number of rotatable bonds is 3. The van der Waals surface area contributed by atoms with Crippen LogP contribution in [0.2, 0.25) is 0 Å². The highest BCUT2D eigenvalue weighted by Gasteiger charge is 2.11. The molecule has 2 nitrogen and oxygen atoms in total. The number of aliphatic hydroxyl groups excluding tert-OH is 1. The van der Waals surface area contributed by atoms with Crippen molar-refractivity contribution in [1.82, 2.24) is 0 Å². The summed E-state index contributed by atoms with van der Waals surface area (Å²) in [6.45, 7) is 2.16. The van der Waals surface area contributed by atoms with Crippen molar-refractivity contribution in [3.63, 3.8) is 0 Å². The van der Waals surface area contributed by atoms with E-state index in [-0.39, 0.29) is 0 Å². The van der Waals surface area contributed by atoms with Gasteiger partial charge in [0, 0.05) is 6.61 Å². The molecule has 4 heteroatoms. The highest BCUT2D eigenvalue weighted by Crippen LogP contribution is 2.07. The lowest BCUT2D eigenvalue weighted by Gasteiger charge is -2.09. The topological polar surface area (TPSA) is 29.5 Å². The van der Waals surface area contributed by atoms with Gasteiger partial charge in [0.2, 0.25) is 0 Å². The molecule has 0 aliphatic carbocycles. The molecular weight excluding hydrogens is 151 g/mol. The molecular formula is C4H8Cl2O2. The molecule has 0 fully saturated rings. The van der Waals surface area contributed by atoms with E-state index in [2.05, 4.69) is 4.74 Å². The smallest absolute Gasteiger partial charge is 0.185 e. The van der Waals surface area contributed by atoms with Gasteiger partial charge in [-0.2, -0.15) is 0 Å². The number of hydrogen-bond acceptors (Lipinski definition) is 2. The van der Waals surface area contributed by atoms with E-state index in [1.54, 1.807) is 6.92 Å². The van der Waals surface area contributed by atoms with E-state index in [1.807, 2.05) is 0 Å². The third-order valence-corrected chi connectivity index (χ3v) is 0.984. The lowest BCUT2D eigenvalue weighted by Crippen LogP contribution is -2.19. The van der Waals surface area contributed by atoms with Crippen LogP contribution in [-0.4, -0.2) is 22.8 Å². The Kier molecular flexibility index (Phi) is 4.66. The summed E-state index contributed by atoms with van der Waals surface area (Å²) in [6, 6.07) is 0. The maximum absolute atomic E-state index is 8.64. The number of hydrogen-bond donors (Lipinski definition) is 1. The molecule has 8 heavy (non-hydrogen) atoms. The summed E-state index contributed by atoms with van der Waals surface area (Å²) in [5.41, 5.74) is 0. The van der Waals surface area contributed by atoms with Crippen LogP contribution >= 0.6 is 23.2 Å². The van der Waals surface area contributed by atoms with Crippen molar-refractivity contribution >= 4 is 23.2 Å². The normalized spacial score (nSPS) is 14.6. The zero-order chi connectivity index (χ0) is 6.57. The molecule has 0 aromatic heterocycles. The average molecular weight is 159 g/mol. The van der Waals surface area contributed by atoms with Crippen molar-refractivity contribution < 1.29 is 9.84 Å². The summed E-state index contributed by atoms with van der Waals surface area (Å²) in [7, 11) is 0. The molecule has 1 N–H and O–H groups in total. The van der Waals surface area contributed by atoms with Crippen molar-refractivity contribution in [3.8, 4) is 0 Å². The summed E-state index contributed by atoms with van der Waals surface area (Å²) < 4.78 is 4.59. The quantitative estimate of drug-likeness (QED) is 0.494. The minimum atomic E-state index is -1.05. The van der Waals surface area contributed by atoms with E-state index in [9.17, 15) is 0 Å². The van der Waals surface area contributed by atoms with E-state index in [4.69, 9.17) is 28.3 Å². The molecule has 0 saturated carbocycles. The predicted octanol–water partition coefficient (Wildman–Crippen LogP) is 1.15. The molecule has 0 rings (SSSR count). The zero-order valence-corrected chi connectivity index (χ0v) is 5.99. The molecule has 0 saturated heterocycles. The Morgan fingerprint density at radius 2 is 2.12 bits per heavy atom. The second-order valence-electron chi connectivity index (χ2n) is 1.18. The van der Waals surface area contributed by atoms with Gasteiger partial charge in [0.15, 0.2) is 11.1 Å². The van der Waals surface area contributed by atoms with Crippen LogP contribution < -0.4 is 0 Å².